The Hall–Kier alpha value is -2.43. The number of carbonyl (C=O) groups is 1. The number of nitrogens with zero attached hydrogens (tertiary/aromatic N) is 3. The van der Waals surface area contributed by atoms with Gasteiger partial charge in [0.05, 0.1) is 18.4 Å². The number of hydrogen-bond acceptors (Lipinski definition) is 4. The van der Waals surface area contributed by atoms with Gasteiger partial charge in [-0.25, -0.2) is 0 Å². The number of rotatable bonds is 4. The first-order valence-electron chi connectivity index (χ1n) is 6.72. The first-order valence-corrected chi connectivity index (χ1v) is 6.72. The minimum atomic E-state index is 0.213. The summed E-state index contributed by atoms with van der Waals surface area (Å²) in [6.45, 7) is 1.46. The number of hydrogen-bond donors (Lipinski definition) is 1. The molecule has 1 aromatic heterocycles. The molecule has 1 fully saturated rings. The molecule has 1 saturated heterocycles. The lowest BCUT2D eigenvalue weighted by molar-refractivity contribution is -0.117. The largest absolute Gasteiger partial charge is 0.379 e. The summed E-state index contributed by atoms with van der Waals surface area (Å²) < 4.78 is 0. The van der Waals surface area contributed by atoms with Crippen molar-refractivity contribution in [3.8, 4) is 0 Å². The zero-order chi connectivity index (χ0) is 13.8. The van der Waals surface area contributed by atoms with E-state index in [4.69, 9.17) is 0 Å². The zero-order valence-corrected chi connectivity index (χ0v) is 11.1. The number of benzene rings is 1. The minimum Gasteiger partial charge on any atom is -0.379 e. The zero-order valence-electron chi connectivity index (χ0n) is 11.1. The maximum atomic E-state index is 11.7. The molecule has 0 spiro atoms. The lowest BCUT2D eigenvalue weighted by atomic mass is 10.2. The van der Waals surface area contributed by atoms with Crippen molar-refractivity contribution < 1.29 is 4.79 Å². The molecule has 2 aromatic rings. The standard InChI is InChI=1S/C15H16N4O/c20-15-2-1-9-19(15)14-5-3-12(4-6-14)18-11-13-10-16-7-8-17-13/h3-8,10,18H,1-2,9,11H2. The van der Waals surface area contributed by atoms with E-state index in [0.717, 1.165) is 30.0 Å². The SMILES string of the molecule is O=C1CCCN1c1ccc(NCc2cnccn2)cc1. The molecule has 0 aliphatic carbocycles. The van der Waals surface area contributed by atoms with Crippen LogP contribution in [0.5, 0.6) is 0 Å². The van der Waals surface area contributed by atoms with Crippen LogP contribution in [0.4, 0.5) is 11.4 Å². The average Bonchev–Trinajstić information content (AvgIpc) is 2.93. The molecule has 1 aliphatic heterocycles. The number of anilines is 2. The smallest absolute Gasteiger partial charge is 0.227 e. The Kier molecular flexibility index (Phi) is 3.58. The van der Waals surface area contributed by atoms with Crippen molar-refractivity contribution in [1.82, 2.24) is 9.97 Å². The van der Waals surface area contributed by atoms with Crippen LogP contribution in [0.2, 0.25) is 0 Å². The van der Waals surface area contributed by atoms with E-state index in [1.807, 2.05) is 29.2 Å². The molecule has 0 bridgehead atoms. The number of aromatic nitrogens is 2. The predicted octanol–water partition coefficient (Wildman–Crippen LogP) is 2.22. The summed E-state index contributed by atoms with van der Waals surface area (Å²) in [5.41, 5.74) is 2.87. The molecule has 1 amide bonds. The molecule has 0 atom stereocenters. The summed E-state index contributed by atoms with van der Waals surface area (Å²) in [6, 6.07) is 7.92. The van der Waals surface area contributed by atoms with Gasteiger partial charge in [-0.2, -0.15) is 0 Å². The maximum Gasteiger partial charge on any atom is 0.227 e. The fourth-order valence-electron chi connectivity index (χ4n) is 2.29. The van der Waals surface area contributed by atoms with Gasteiger partial charge in [0.2, 0.25) is 5.91 Å². The summed E-state index contributed by atoms with van der Waals surface area (Å²) in [5, 5.41) is 3.28. The van der Waals surface area contributed by atoms with Crippen LogP contribution in [0.1, 0.15) is 18.5 Å². The highest BCUT2D eigenvalue weighted by molar-refractivity contribution is 5.95. The number of nitrogens with one attached hydrogen (secondary N) is 1. The van der Waals surface area contributed by atoms with E-state index in [1.165, 1.54) is 0 Å². The van der Waals surface area contributed by atoms with Crippen LogP contribution in [-0.4, -0.2) is 22.4 Å². The molecule has 0 unspecified atom stereocenters. The minimum absolute atomic E-state index is 0.213. The fraction of sp³-hybridized carbons (Fsp3) is 0.267. The highest BCUT2D eigenvalue weighted by Crippen LogP contribution is 2.23. The summed E-state index contributed by atoms with van der Waals surface area (Å²) >= 11 is 0. The Morgan fingerprint density at radius 2 is 2.05 bits per heavy atom. The van der Waals surface area contributed by atoms with E-state index in [1.54, 1.807) is 18.6 Å². The second kappa shape index (κ2) is 5.69. The lowest BCUT2D eigenvalue weighted by Crippen LogP contribution is -2.23. The Morgan fingerprint density at radius 3 is 2.70 bits per heavy atom. The van der Waals surface area contributed by atoms with Crippen molar-refractivity contribution in [3.63, 3.8) is 0 Å². The van der Waals surface area contributed by atoms with E-state index >= 15 is 0 Å². The van der Waals surface area contributed by atoms with Gasteiger partial charge in [0, 0.05) is 36.7 Å². The van der Waals surface area contributed by atoms with Crippen LogP contribution in [0.3, 0.4) is 0 Å². The molecule has 5 heteroatoms. The van der Waals surface area contributed by atoms with Gasteiger partial charge in [-0.15, -0.1) is 0 Å². The van der Waals surface area contributed by atoms with Crippen molar-refractivity contribution in [2.45, 2.75) is 19.4 Å². The number of carbonyl (C=O) groups excluding carboxylic acids is 1. The summed E-state index contributed by atoms with van der Waals surface area (Å²) in [4.78, 5) is 21.7. The predicted molar refractivity (Wildman–Crippen MR) is 77.4 cm³/mol. The Morgan fingerprint density at radius 1 is 1.20 bits per heavy atom. The van der Waals surface area contributed by atoms with Crippen molar-refractivity contribution >= 4 is 17.3 Å². The molecular weight excluding hydrogens is 252 g/mol. The third kappa shape index (κ3) is 2.77. The van der Waals surface area contributed by atoms with Gasteiger partial charge >= 0.3 is 0 Å². The van der Waals surface area contributed by atoms with E-state index in [2.05, 4.69) is 15.3 Å². The van der Waals surface area contributed by atoms with Crippen molar-refractivity contribution in [2.24, 2.45) is 0 Å². The monoisotopic (exact) mass is 268 g/mol. The summed E-state index contributed by atoms with van der Waals surface area (Å²) in [5.74, 6) is 0.213. The highest BCUT2D eigenvalue weighted by Gasteiger charge is 2.21. The van der Waals surface area contributed by atoms with Crippen molar-refractivity contribution in [2.75, 3.05) is 16.8 Å². The molecular formula is C15H16N4O. The quantitative estimate of drug-likeness (QED) is 0.923. The Bertz CT molecular complexity index is 583. The van der Waals surface area contributed by atoms with Crippen LogP contribution >= 0.6 is 0 Å². The molecule has 1 N–H and O–H groups in total. The second-order valence-corrected chi connectivity index (χ2v) is 4.75. The Balaban J connectivity index is 1.63. The van der Waals surface area contributed by atoms with Crippen LogP contribution in [0.25, 0.3) is 0 Å². The fourth-order valence-corrected chi connectivity index (χ4v) is 2.29. The Labute approximate surface area is 117 Å². The van der Waals surface area contributed by atoms with Crippen LogP contribution < -0.4 is 10.2 Å². The molecule has 3 rings (SSSR count). The van der Waals surface area contributed by atoms with E-state index in [0.29, 0.717) is 13.0 Å². The normalized spacial score (nSPS) is 14.6. The number of amides is 1. The molecule has 102 valence electrons. The lowest BCUT2D eigenvalue weighted by Gasteiger charge is -2.16. The van der Waals surface area contributed by atoms with Crippen molar-refractivity contribution in [1.29, 1.82) is 0 Å². The van der Waals surface area contributed by atoms with Crippen LogP contribution in [0, 0.1) is 0 Å². The van der Waals surface area contributed by atoms with Crippen LogP contribution in [0.15, 0.2) is 42.9 Å². The molecule has 20 heavy (non-hydrogen) atoms. The van der Waals surface area contributed by atoms with Gasteiger partial charge < -0.3 is 10.2 Å². The summed E-state index contributed by atoms with van der Waals surface area (Å²) in [7, 11) is 0. The van der Waals surface area contributed by atoms with Gasteiger partial charge in [-0.05, 0) is 30.7 Å². The van der Waals surface area contributed by atoms with Crippen molar-refractivity contribution in [3.05, 3.63) is 48.5 Å². The third-order valence-electron chi connectivity index (χ3n) is 3.34. The summed E-state index contributed by atoms with van der Waals surface area (Å²) in [6.07, 6.45) is 6.69. The molecule has 0 saturated carbocycles. The molecule has 1 aliphatic rings. The van der Waals surface area contributed by atoms with Gasteiger partial charge in [0.15, 0.2) is 0 Å². The molecule has 1 aromatic carbocycles. The molecule has 0 radical (unpaired) electrons. The first-order chi connectivity index (χ1) is 9.83. The first kappa shape index (κ1) is 12.6. The van der Waals surface area contributed by atoms with Gasteiger partial charge in [-0.1, -0.05) is 0 Å². The van der Waals surface area contributed by atoms with E-state index < -0.39 is 0 Å². The third-order valence-corrected chi connectivity index (χ3v) is 3.34. The van der Waals surface area contributed by atoms with E-state index in [-0.39, 0.29) is 5.91 Å². The van der Waals surface area contributed by atoms with Gasteiger partial charge in [-0.3, -0.25) is 14.8 Å². The maximum absolute atomic E-state index is 11.7. The highest BCUT2D eigenvalue weighted by atomic mass is 16.2. The molecule has 2 heterocycles. The van der Waals surface area contributed by atoms with Crippen LogP contribution in [-0.2, 0) is 11.3 Å². The van der Waals surface area contributed by atoms with E-state index in [9.17, 15) is 4.79 Å². The molecule has 5 nitrogen and oxygen atoms in total. The van der Waals surface area contributed by atoms with Gasteiger partial charge in [0.25, 0.3) is 0 Å². The average molecular weight is 268 g/mol. The topological polar surface area (TPSA) is 58.1 Å². The van der Waals surface area contributed by atoms with Gasteiger partial charge in [0.1, 0.15) is 0 Å². The second-order valence-electron chi connectivity index (χ2n) is 4.75.